The Hall–Kier alpha value is -3.01. The van der Waals surface area contributed by atoms with Crippen LogP contribution in [0.15, 0.2) is 29.2 Å². The summed E-state index contributed by atoms with van der Waals surface area (Å²) < 4.78 is 5.64. The molecule has 4 unspecified atom stereocenters. The van der Waals surface area contributed by atoms with E-state index in [1.54, 1.807) is 24.3 Å². The van der Waals surface area contributed by atoms with E-state index in [2.05, 4.69) is 16.4 Å². The Morgan fingerprint density at radius 1 is 1.20 bits per heavy atom. The number of esters is 1. The van der Waals surface area contributed by atoms with Gasteiger partial charge in [0.05, 0.1) is 5.92 Å². The van der Waals surface area contributed by atoms with E-state index in [9.17, 15) is 24.3 Å². The highest BCUT2D eigenvalue weighted by atomic mass is 32.1. The molecule has 0 radical (unpaired) electrons. The van der Waals surface area contributed by atoms with Gasteiger partial charge in [0.2, 0.25) is 5.91 Å². The summed E-state index contributed by atoms with van der Waals surface area (Å²) in [5, 5.41) is 14.5. The first kappa shape index (κ1) is 33.2. The van der Waals surface area contributed by atoms with E-state index < -0.39 is 29.9 Å². The maximum atomic E-state index is 13.2. The van der Waals surface area contributed by atoms with Crippen LogP contribution in [0.25, 0.3) is 0 Å². The molecule has 40 heavy (non-hydrogen) atoms. The van der Waals surface area contributed by atoms with Gasteiger partial charge in [0.25, 0.3) is 5.91 Å². The number of aromatic nitrogens is 1. The normalized spacial score (nSPS) is 16.0. The highest BCUT2D eigenvalue weighted by molar-refractivity contribution is 7.09. The van der Waals surface area contributed by atoms with Gasteiger partial charge < -0.3 is 20.1 Å². The summed E-state index contributed by atoms with van der Waals surface area (Å²) in [5.74, 6) is -2.23. The summed E-state index contributed by atoms with van der Waals surface area (Å²) in [6.07, 6.45) is 10.6. The maximum Gasteiger partial charge on any atom is 0.306 e. The van der Waals surface area contributed by atoms with Crippen molar-refractivity contribution in [3.63, 3.8) is 0 Å². The maximum absolute atomic E-state index is 13.2. The first-order chi connectivity index (χ1) is 18.9. The molecule has 10 heteroatoms. The average molecular weight is 576 g/mol. The van der Waals surface area contributed by atoms with Crippen LogP contribution in [0.4, 0.5) is 0 Å². The SMILES string of the molecule is CCCCC(=O)N(C)C(CC(OC(C)=O)c1nc(C(=O)NC(CC2=CC=CCC2)CC(C)C(=O)O)cs1)C(C)C. The third-order valence-corrected chi connectivity index (χ3v) is 8.14. The minimum absolute atomic E-state index is 0.0477. The smallest absolute Gasteiger partial charge is 0.306 e. The Morgan fingerprint density at radius 3 is 2.50 bits per heavy atom. The predicted molar refractivity (Wildman–Crippen MR) is 156 cm³/mol. The third kappa shape index (κ3) is 10.5. The third-order valence-electron chi connectivity index (χ3n) is 7.20. The van der Waals surface area contributed by atoms with Crippen molar-refractivity contribution in [2.75, 3.05) is 7.05 Å². The van der Waals surface area contributed by atoms with Crippen molar-refractivity contribution >= 4 is 35.1 Å². The molecule has 2 amide bonds. The second-order valence-electron chi connectivity index (χ2n) is 11.0. The molecule has 0 aliphatic heterocycles. The molecule has 222 valence electrons. The number of hydrogen-bond donors (Lipinski definition) is 2. The second kappa shape index (κ2) is 16.3. The highest BCUT2D eigenvalue weighted by Gasteiger charge is 2.31. The van der Waals surface area contributed by atoms with Gasteiger partial charge in [-0.15, -0.1) is 11.3 Å². The molecule has 1 heterocycles. The Balaban J connectivity index is 2.22. The number of thiazole rings is 1. The number of rotatable bonds is 16. The number of amides is 2. The zero-order chi connectivity index (χ0) is 29.8. The minimum atomic E-state index is -0.908. The molecule has 0 aromatic carbocycles. The first-order valence-electron chi connectivity index (χ1n) is 14.2. The summed E-state index contributed by atoms with van der Waals surface area (Å²) in [5.41, 5.74) is 1.35. The van der Waals surface area contributed by atoms with Gasteiger partial charge in [-0.2, -0.15) is 0 Å². The highest BCUT2D eigenvalue weighted by Crippen LogP contribution is 2.31. The number of nitrogens with one attached hydrogen (secondary N) is 1. The molecule has 1 aromatic rings. The number of hydrogen-bond acceptors (Lipinski definition) is 7. The van der Waals surface area contributed by atoms with Crippen LogP contribution < -0.4 is 5.32 Å². The number of ether oxygens (including phenoxy) is 1. The fraction of sp³-hybridized carbons (Fsp3) is 0.633. The van der Waals surface area contributed by atoms with Crippen molar-refractivity contribution in [1.82, 2.24) is 15.2 Å². The Labute approximate surface area is 242 Å². The molecular weight excluding hydrogens is 530 g/mol. The lowest BCUT2D eigenvalue weighted by Crippen LogP contribution is -2.41. The fourth-order valence-electron chi connectivity index (χ4n) is 4.84. The monoisotopic (exact) mass is 575 g/mol. The van der Waals surface area contributed by atoms with E-state index in [1.165, 1.54) is 18.3 Å². The molecule has 0 saturated heterocycles. The van der Waals surface area contributed by atoms with Gasteiger partial charge in [-0.3, -0.25) is 19.2 Å². The molecule has 4 atom stereocenters. The molecule has 1 aliphatic carbocycles. The van der Waals surface area contributed by atoms with Gasteiger partial charge in [0.15, 0.2) is 6.10 Å². The van der Waals surface area contributed by atoms with Crippen molar-refractivity contribution in [3.05, 3.63) is 39.9 Å². The van der Waals surface area contributed by atoms with E-state index >= 15 is 0 Å². The van der Waals surface area contributed by atoms with Gasteiger partial charge in [-0.05, 0) is 38.0 Å². The zero-order valence-corrected chi connectivity index (χ0v) is 25.5. The van der Waals surface area contributed by atoms with Crippen LogP contribution in [0.5, 0.6) is 0 Å². The number of allylic oxidation sites excluding steroid dienone is 3. The van der Waals surface area contributed by atoms with Gasteiger partial charge >= 0.3 is 11.9 Å². The molecule has 2 rings (SSSR count). The summed E-state index contributed by atoms with van der Waals surface area (Å²) in [6.45, 7) is 9.06. The van der Waals surface area contributed by atoms with Gasteiger partial charge in [0, 0.05) is 44.3 Å². The average Bonchev–Trinajstić information content (AvgIpc) is 3.40. The number of nitrogens with zero attached hydrogens (tertiary/aromatic N) is 2. The summed E-state index contributed by atoms with van der Waals surface area (Å²) in [6, 6.07) is -0.548. The molecule has 1 aliphatic rings. The zero-order valence-electron chi connectivity index (χ0n) is 24.6. The number of carbonyl (C=O) groups excluding carboxylic acids is 3. The molecule has 0 fully saturated rings. The Bertz CT molecular complexity index is 1080. The predicted octanol–water partition coefficient (Wildman–Crippen LogP) is 5.69. The van der Waals surface area contributed by atoms with Crippen LogP contribution in [0.2, 0.25) is 0 Å². The lowest BCUT2D eigenvalue weighted by molar-refractivity contribution is -0.148. The van der Waals surface area contributed by atoms with Crippen LogP contribution in [0.3, 0.4) is 0 Å². The van der Waals surface area contributed by atoms with Crippen molar-refractivity contribution in [1.29, 1.82) is 0 Å². The molecule has 1 aromatic heterocycles. The fourth-order valence-corrected chi connectivity index (χ4v) is 5.68. The number of carboxylic acids is 1. The number of unbranched alkanes of at least 4 members (excludes halogenated alkanes) is 1. The van der Waals surface area contributed by atoms with Crippen molar-refractivity contribution in [3.8, 4) is 0 Å². The Morgan fingerprint density at radius 2 is 1.93 bits per heavy atom. The van der Waals surface area contributed by atoms with Crippen molar-refractivity contribution < 1.29 is 29.0 Å². The lowest BCUT2D eigenvalue weighted by atomic mass is 9.92. The van der Waals surface area contributed by atoms with E-state index in [1.807, 2.05) is 32.9 Å². The minimum Gasteiger partial charge on any atom is -0.481 e. The molecular formula is C30H45N3O6S. The van der Waals surface area contributed by atoms with Gasteiger partial charge in [-0.1, -0.05) is 57.9 Å². The van der Waals surface area contributed by atoms with Crippen LogP contribution in [0.1, 0.15) is 108 Å². The van der Waals surface area contributed by atoms with Gasteiger partial charge in [0.1, 0.15) is 10.7 Å². The Kier molecular flexibility index (Phi) is 13.5. The molecule has 0 bridgehead atoms. The topological polar surface area (TPSA) is 126 Å². The second-order valence-corrected chi connectivity index (χ2v) is 11.9. The summed E-state index contributed by atoms with van der Waals surface area (Å²) in [4.78, 5) is 55.7. The summed E-state index contributed by atoms with van der Waals surface area (Å²) >= 11 is 1.23. The van der Waals surface area contributed by atoms with E-state index in [0.717, 1.165) is 31.3 Å². The van der Waals surface area contributed by atoms with E-state index in [-0.39, 0.29) is 29.6 Å². The van der Waals surface area contributed by atoms with Crippen LogP contribution in [-0.4, -0.2) is 57.9 Å². The standard InChI is InChI=1S/C30H45N3O6S/c1-7-8-14-27(35)33(6)25(19(2)3)17-26(39-21(5)34)29-32-24(18-40-29)28(36)31-23(15-20(4)30(37)38)16-22-12-10-9-11-13-22/h9-10,12,18-20,23,25-26H,7-8,11,13-17H2,1-6H3,(H,31,36)(H,37,38). The number of carbonyl (C=O) groups is 4. The van der Waals surface area contributed by atoms with Gasteiger partial charge in [-0.25, -0.2) is 4.98 Å². The quantitative estimate of drug-likeness (QED) is 0.243. The molecule has 9 nitrogen and oxygen atoms in total. The van der Waals surface area contributed by atoms with Crippen LogP contribution in [-0.2, 0) is 19.1 Å². The van der Waals surface area contributed by atoms with Crippen molar-refractivity contribution in [2.24, 2.45) is 11.8 Å². The molecule has 2 N–H and O–H groups in total. The van der Waals surface area contributed by atoms with Crippen LogP contribution in [0, 0.1) is 11.8 Å². The lowest BCUT2D eigenvalue weighted by Gasteiger charge is -2.33. The van der Waals surface area contributed by atoms with Crippen LogP contribution >= 0.6 is 11.3 Å². The first-order valence-corrected chi connectivity index (χ1v) is 15.1. The van der Waals surface area contributed by atoms with E-state index in [4.69, 9.17) is 4.74 Å². The number of aliphatic carboxylic acids is 1. The van der Waals surface area contributed by atoms with E-state index in [0.29, 0.717) is 30.7 Å². The molecule has 0 spiro atoms. The summed E-state index contributed by atoms with van der Waals surface area (Å²) in [7, 11) is 1.78. The van der Waals surface area contributed by atoms with Crippen molar-refractivity contribution in [2.45, 2.75) is 104 Å². The molecule has 0 saturated carbocycles. The number of carboxylic acid groups (broad SMARTS) is 1. The largest absolute Gasteiger partial charge is 0.481 e.